The van der Waals surface area contributed by atoms with Crippen molar-refractivity contribution in [3.63, 3.8) is 0 Å². The van der Waals surface area contributed by atoms with Crippen molar-refractivity contribution in [2.75, 3.05) is 4.90 Å². The minimum Gasteiger partial charge on any atom is -0.309 e. The SMILES string of the molecule is CC1(C)c2ccccc2-c2ccc(N(c3cccc(-c4ccccc4)c3-c3ccccc3-c3ccccc3)c3cccc4c3-c3ccccc3C4(C)C)cc21. The predicted molar refractivity (Wildman–Crippen MR) is 233 cm³/mol. The number of benzene rings is 8. The third kappa shape index (κ3) is 5.07. The summed E-state index contributed by atoms with van der Waals surface area (Å²) in [4.78, 5) is 2.57. The number of rotatable bonds is 6. The van der Waals surface area contributed by atoms with Gasteiger partial charge in [-0.2, -0.15) is 0 Å². The van der Waals surface area contributed by atoms with Gasteiger partial charge in [-0.25, -0.2) is 0 Å². The van der Waals surface area contributed by atoms with Crippen LogP contribution in [0.4, 0.5) is 17.1 Å². The Morgan fingerprint density at radius 3 is 1.45 bits per heavy atom. The van der Waals surface area contributed by atoms with Crippen LogP contribution in [-0.2, 0) is 10.8 Å². The molecule has 55 heavy (non-hydrogen) atoms. The normalized spacial score (nSPS) is 14.1. The van der Waals surface area contributed by atoms with Crippen molar-refractivity contribution in [3.8, 4) is 55.6 Å². The fourth-order valence-corrected chi connectivity index (χ4v) is 9.60. The van der Waals surface area contributed by atoms with E-state index in [2.05, 4.69) is 221 Å². The molecular formula is C54H43N. The average molecular weight is 706 g/mol. The molecule has 0 N–H and O–H groups in total. The highest BCUT2D eigenvalue weighted by molar-refractivity contribution is 6.04. The molecule has 0 bridgehead atoms. The van der Waals surface area contributed by atoms with Crippen LogP contribution in [0.1, 0.15) is 49.9 Å². The molecule has 264 valence electrons. The molecular weight excluding hydrogens is 663 g/mol. The first-order chi connectivity index (χ1) is 26.8. The van der Waals surface area contributed by atoms with Crippen molar-refractivity contribution >= 4 is 17.1 Å². The fourth-order valence-electron chi connectivity index (χ4n) is 9.60. The third-order valence-corrected chi connectivity index (χ3v) is 12.3. The Hall–Kier alpha value is -6.44. The van der Waals surface area contributed by atoms with E-state index in [4.69, 9.17) is 0 Å². The smallest absolute Gasteiger partial charge is 0.0546 e. The first kappa shape index (κ1) is 33.2. The zero-order valence-electron chi connectivity index (χ0n) is 31.8. The van der Waals surface area contributed by atoms with Gasteiger partial charge in [-0.15, -0.1) is 0 Å². The minimum absolute atomic E-state index is 0.135. The quantitative estimate of drug-likeness (QED) is 0.166. The molecule has 0 fully saturated rings. The van der Waals surface area contributed by atoms with Crippen molar-refractivity contribution in [1.29, 1.82) is 0 Å². The second kappa shape index (κ2) is 12.6. The predicted octanol–water partition coefficient (Wildman–Crippen LogP) is 14.8. The van der Waals surface area contributed by atoms with E-state index in [1.807, 2.05) is 0 Å². The molecule has 8 aromatic rings. The Labute approximate surface area is 325 Å². The lowest BCUT2D eigenvalue weighted by Gasteiger charge is -2.33. The van der Waals surface area contributed by atoms with E-state index in [0.717, 1.165) is 11.4 Å². The molecule has 1 heteroatoms. The molecule has 0 heterocycles. The summed E-state index contributed by atoms with van der Waals surface area (Å²) >= 11 is 0. The summed E-state index contributed by atoms with van der Waals surface area (Å²) in [6, 6.07) is 69.6. The van der Waals surface area contributed by atoms with E-state index in [1.165, 1.54) is 83.6 Å². The molecule has 0 aliphatic heterocycles. The van der Waals surface area contributed by atoms with Gasteiger partial charge >= 0.3 is 0 Å². The van der Waals surface area contributed by atoms with Gasteiger partial charge in [0.2, 0.25) is 0 Å². The van der Waals surface area contributed by atoms with Crippen LogP contribution in [0, 0.1) is 0 Å². The Bertz CT molecular complexity index is 2750. The first-order valence-corrected chi connectivity index (χ1v) is 19.5. The molecule has 2 aliphatic rings. The first-order valence-electron chi connectivity index (χ1n) is 19.5. The second-order valence-electron chi connectivity index (χ2n) is 16.1. The summed E-state index contributed by atoms with van der Waals surface area (Å²) in [6.07, 6.45) is 0. The molecule has 10 rings (SSSR count). The lowest BCUT2D eigenvalue weighted by atomic mass is 9.82. The minimum atomic E-state index is -0.143. The summed E-state index contributed by atoms with van der Waals surface area (Å²) in [6.45, 7) is 9.50. The van der Waals surface area contributed by atoms with E-state index in [-0.39, 0.29) is 10.8 Å². The third-order valence-electron chi connectivity index (χ3n) is 12.3. The molecule has 0 saturated carbocycles. The van der Waals surface area contributed by atoms with E-state index >= 15 is 0 Å². The fraction of sp³-hybridized carbons (Fsp3) is 0.111. The van der Waals surface area contributed by atoms with Crippen LogP contribution in [0.15, 0.2) is 188 Å². The molecule has 0 unspecified atom stereocenters. The molecule has 0 amide bonds. The van der Waals surface area contributed by atoms with Crippen molar-refractivity contribution < 1.29 is 0 Å². The number of anilines is 3. The van der Waals surface area contributed by atoms with Crippen LogP contribution >= 0.6 is 0 Å². The van der Waals surface area contributed by atoms with Crippen molar-refractivity contribution in [2.24, 2.45) is 0 Å². The van der Waals surface area contributed by atoms with Crippen LogP contribution in [-0.4, -0.2) is 0 Å². The van der Waals surface area contributed by atoms with Gasteiger partial charge in [0, 0.05) is 27.6 Å². The van der Waals surface area contributed by atoms with E-state index in [0.29, 0.717) is 0 Å². The second-order valence-corrected chi connectivity index (χ2v) is 16.1. The molecule has 8 aromatic carbocycles. The maximum atomic E-state index is 2.57. The van der Waals surface area contributed by atoms with Crippen LogP contribution < -0.4 is 4.90 Å². The van der Waals surface area contributed by atoms with Crippen LogP contribution in [0.5, 0.6) is 0 Å². The number of nitrogens with zero attached hydrogens (tertiary/aromatic N) is 1. The van der Waals surface area contributed by atoms with Crippen LogP contribution in [0.3, 0.4) is 0 Å². The van der Waals surface area contributed by atoms with Gasteiger partial charge in [-0.3, -0.25) is 0 Å². The Morgan fingerprint density at radius 1 is 0.309 bits per heavy atom. The number of fused-ring (bicyclic) bond motifs is 6. The van der Waals surface area contributed by atoms with Gasteiger partial charge in [-0.1, -0.05) is 191 Å². The van der Waals surface area contributed by atoms with Crippen molar-refractivity contribution in [2.45, 2.75) is 38.5 Å². The summed E-state index contributed by atoms with van der Waals surface area (Å²) < 4.78 is 0. The van der Waals surface area contributed by atoms with Gasteiger partial charge in [0.15, 0.2) is 0 Å². The Balaban J connectivity index is 1.32. The van der Waals surface area contributed by atoms with Crippen molar-refractivity contribution in [3.05, 3.63) is 210 Å². The standard InChI is InChI=1S/C54H43N/c1-53(2)46-29-16-14-26-44(46)52-47(53)30-18-32-50(52)55(38-33-34-42-41-24-13-15-28-45(41)54(3,4)48(42)35-38)49-31-17-27-40(37-21-9-6-10-22-37)51(49)43-25-12-11-23-39(43)36-19-7-5-8-20-36/h5-35H,1-4H3. The highest BCUT2D eigenvalue weighted by atomic mass is 15.1. The van der Waals surface area contributed by atoms with E-state index < -0.39 is 0 Å². The monoisotopic (exact) mass is 705 g/mol. The van der Waals surface area contributed by atoms with E-state index in [9.17, 15) is 0 Å². The number of hydrogen-bond acceptors (Lipinski definition) is 1. The summed E-state index contributed by atoms with van der Waals surface area (Å²) in [5.41, 5.74) is 21.2. The van der Waals surface area contributed by atoms with Gasteiger partial charge in [0.1, 0.15) is 0 Å². The average Bonchev–Trinajstić information content (AvgIpc) is 3.61. The van der Waals surface area contributed by atoms with Crippen LogP contribution in [0.2, 0.25) is 0 Å². The highest BCUT2D eigenvalue weighted by Gasteiger charge is 2.39. The Kier molecular flexibility index (Phi) is 7.58. The van der Waals surface area contributed by atoms with Gasteiger partial charge < -0.3 is 4.90 Å². The van der Waals surface area contributed by atoms with Gasteiger partial charge in [0.05, 0.1) is 11.4 Å². The van der Waals surface area contributed by atoms with Gasteiger partial charge in [0.25, 0.3) is 0 Å². The zero-order valence-corrected chi connectivity index (χ0v) is 31.8. The molecule has 0 saturated heterocycles. The number of hydrogen-bond donors (Lipinski definition) is 0. The highest BCUT2D eigenvalue weighted by Crippen LogP contribution is 2.57. The molecule has 0 radical (unpaired) electrons. The summed E-state index contributed by atoms with van der Waals surface area (Å²) in [5.74, 6) is 0. The van der Waals surface area contributed by atoms with Crippen molar-refractivity contribution in [1.82, 2.24) is 0 Å². The topological polar surface area (TPSA) is 3.24 Å². The summed E-state index contributed by atoms with van der Waals surface area (Å²) in [5, 5.41) is 0. The van der Waals surface area contributed by atoms with Crippen LogP contribution in [0.25, 0.3) is 55.6 Å². The maximum Gasteiger partial charge on any atom is 0.0546 e. The molecule has 2 aliphatic carbocycles. The van der Waals surface area contributed by atoms with Gasteiger partial charge in [-0.05, 0) is 91.0 Å². The Morgan fingerprint density at radius 2 is 0.764 bits per heavy atom. The zero-order chi connectivity index (χ0) is 37.3. The molecule has 0 atom stereocenters. The largest absolute Gasteiger partial charge is 0.309 e. The molecule has 1 nitrogen and oxygen atoms in total. The maximum absolute atomic E-state index is 2.57. The lowest BCUT2D eigenvalue weighted by Crippen LogP contribution is -2.18. The summed E-state index contributed by atoms with van der Waals surface area (Å²) in [7, 11) is 0. The lowest BCUT2D eigenvalue weighted by molar-refractivity contribution is 0.660. The molecule has 0 spiro atoms. The molecule has 0 aromatic heterocycles. The van der Waals surface area contributed by atoms with E-state index in [1.54, 1.807) is 0 Å².